The number of rotatable bonds is 7. The van der Waals surface area contributed by atoms with Crippen molar-refractivity contribution in [3.63, 3.8) is 0 Å². The molecule has 1 heterocycles. The molecule has 0 aromatic heterocycles. The Morgan fingerprint density at radius 2 is 1.89 bits per heavy atom. The second-order valence-electron chi connectivity index (χ2n) is 7.70. The number of piperidine rings is 1. The molecule has 1 atom stereocenters. The molecular formula is C23H30N2O2. The highest BCUT2D eigenvalue weighted by atomic mass is 16.3. The molecule has 0 spiro atoms. The minimum atomic E-state index is 0.00429. The molecule has 27 heavy (non-hydrogen) atoms. The fourth-order valence-electron chi connectivity index (χ4n) is 3.71. The average molecular weight is 367 g/mol. The summed E-state index contributed by atoms with van der Waals surface area (Å²) in [6.45, 7) is 6.27. The van der Waals surface area contributed by atoms with Gasteiger partial charge in [-0.3, -0.25) is 9.69 Å². The van der Waals surface area contributed by atoms with Gasteiger partial charge in [0.05, 0.1) is 0 Å². The Kier molecular flexibility index (Phi) is 6.88. The van der Waals surface area contributed by atoms with E-state index in [0.717, 1.165) is 23.6 Å². The van der Waals surface area contributed by atoms with Gasteiger partial charge in [0.2, 0.25) is 5.91 Å². The molecule has 1 saturated heterocycles. The maximum Gasteiger partial charge on any atom is 0.220 e. The normalized spacial score (nSPS) is 17.6. The van der Waals surface area contributed by atoms with E-state index in [1.165, 1.54) is 31.5 Å². The number of carbonyl (C=O) groups excluding carboxylic acids is 1. The molecule has 2 aromatic rings. The molecule has 0 radical (unpaired) electrons. The van der Waals surface area contributed by atoms with Crippen molar-refractivity contribution in [1.29, 1.82) is 0 Å². The minimum absolute atomic E-state index is 0.00429. The molecule has 1 unspecified atom stereocenters. The van der Waals surface area contributed by atoms with Gasteiger partial charge >= 0.3 is 0 Å². The summed E-state index contributed by atoms with van der Waals surface area (Å²) in [5.41, 5.74) is 3.25. The molecular weight excluding hydrogens is 336 g/mol. The predicted octanol–water partition coefficient (Wildman–Crippen LogP) is 3.87. The molecule has 4 heteroatoms. The van der Waals surface area contributed by atoms with E-state index in [9.17, 15) is 9.90 Å². The Morgan fingerprint density at radius 3 is 2.63 bits per heavy atom. The van der Waals surface area contributed by atoms with Crippen LogP contribution >= 0.6 is 0 Å². The van der Waals surface area contributed by atoms with Gasteiger partial charge in [-0.25, -0.2) is 0 Å². The number of phenolic OH excluding ortho intramolecular Hbond substituents is 1. The lowest BCUT2D eigenvalue weighted by atomic mass is 9.99. The molecule has 0 bridgehead atoms. The lowest BCUT2D eigenvalue weighted by Gasteiger charge is -2.30. The summed E-state index contributed by atoms with van der Waals surface area (Å²) in [5.74, 6) is 1.06. The summed E-state index contributed by atoms with van der Waals surface area (Å²) >= 11 is 0. The summed E-state index contributed by atoms with van der Waals surface area (Å²) < 4.78 is 0. The van der Waals surface area contributed by atoms with Gasteiger partial charge in [-0.1, -0.05) is 49.4 Å². The first-order valence-electron chi connectivity index (χ1n) is 9.94. The second-order valence-corrected chi connectivity index (χ2v) is 7.70. The second kappa shape index (κ2) is 9.56. The summed E-state index contributed by atoms with van der Waals surface area (Å²) in [5, 5.41) is 12.7. The number of para-hydroxylation sites is 1. The van der Waals surface area contributed by atoms with Crippen molar-refractivity contribution in [2.24, 2.45) is 5.92 Å². The van der Waals surface area contributed by atoms with Crippen molar-refractivity contribution < 1.29 is 9.90 Å². The van der Waals surface area contributed by atoms with Gasteiger partial charge in [-0.05, 0) is 54.5 Å². The zero-order chi connectivity index (χ0) is 19.1. The lowest BCUT2D eigenvalue weighted by Crippen LogP contribution is -2.33. The van der Waals surface area contributed by atoms with Gasteiger partial charge in [-0.15, -0.1) is 0 Å². The molecule has 144 valence electrons. The number of amides is 1. The van der Waals surface area contributed by atoms with Crippen LogP contribution in [0.25, 0.3) is 0 Å². The Labute approximate surface area is 162 Å². The molecule has 1 aliphatic rings. The van der Waals surface area contributed by atoms with E-state index in [2.05, 4.69) is 41.4 Å². The van der Waals surface area contributed by atoms with Gasteiger partial charge in [-0.2, -0.15) is 0 Å². The van der Waals surface area contributed by atoms with Crippen LogP contribution in [0.1, 0.15) is 42.9 Å². The van der Waals surface area contributed by atoms with E-state index >= 15 is 0 Å². The fourth-order valence-corrected chi connectivity index (χ4v) is 3.71. The summed E-state index contributed by atoms with van der Waals surface area (Å²) in [6.07, 6.45) is 3.57. The van der Waals surface area contributed by atoms with E-state index in [-0.39, 0.29) is 11.7 Å². The van der Waals surface area contributed by atoms with Crippen LogP contribution in [0.4, 0.5) is 0 Å². The van der Waals surface area contributed by atoms with Crippen molar-refractivity contribution in [2.75, 3.05) is 13.1 Å². The maximum atomic E-state index is 12.1. The number of hydrogen-bond donors (Lipinski definition) is 2. The van der Waals surface area contributed by atoms with Gasteiger partial charge in [0.15, 0.2) is 0 Å². The predicted molar refractivity (Wildman–Crippen MR) is 108 cm³/mol. The minimum Gasteiger partial charge on any atom is -0.508 e. The number of phenols is 1. The number of benzene rings is 2. The quantitative estimate of drug-likeness (QED) is 0.782. The van der Waals surface area contributed by atoms with Crippen LogP contribution in [0.3, 0.4) is 0 Å². The lowest BCUT2D eigenvalue weighted by molar-refractivity contribution is -0.121. The molecule has 1 amide bonds. The first-order chi connectivity index (χ1) is 13.1. The SMILES string of the molecule is CC1CCCN(Cc2ccc(CNC(=O)CCc3ccccc3O)cc2)C1. The van der Waals surface area contributed by atoms with E-state index in [0.29, 0.717) is 19.4 Å². The Morgan fingerprint density at radius 1 is 1.15 bits per heavy atom. The topological polar surface area (TPSA) is 52.6 Å². The molecule has 1 aliphatic heterocycles. The van der Waals surface area contributed by atoms with Gasteiger partial charge < -0.3 is 10.4 Å². The van der Waals surface area contributed by atoms with E-state index < -0.39 is 0 Å². The number of aromatic hydroxyl groups is 1. The van der Waals surface area contributed by atoms with Crippen LogP contribution in [0.15, 0.2) is 48.5 Å². The summed E-state index contributed by atoms with van der Waals surface area (Å²) in [7, 11) is 0. The van der Waals surface area contributed by atoms with Crippen molar-refractivity contribution >= 4 is 5.91 Å². The largest absolute Gasteiger partial charge is 0.508 e. The van der Waals surface area contributed by atoms with Gasteiger partial charge in [0.25, 0.3) is 0 Å². The number of nitrogens with zero attached hydrogens (tertiary/aromatic N) is 1. The maximum absolute atomic E-state index is 12.1. The summed E-state index contributed by atoms with van der Waals surface area (Å²) in [6, 6.07) is 15.7. The zero-order valence-electron chi connectivity index (χ0n) is 16.2. The highest BCUT2D eigenvalue weighted by Crippen LogP contribution is 2.18. The highest BCUT2D eigenvalue weighted by Gasteiger charge is 2.16. The van der Waals surface area contributed by atoms with Crippen molar-refractivity contribution in [2.45, 2.75) is 45.7 Å². The van der Waals surface area contributed by atoms with Crippen LogP contribution in [-0.4, -0.2) is 29.0 Å². The third kappa shape index (κ3) is 6.10. The fraction of sp³-hybridized carbons (Fsp3) is 0.435. The first-order valence-corrected chi connectivity index (χ1v) is 9.94. The van der Waals surface area contributed by atoms with Gasteiger partial charge in [0.1, 0.15) is 5.75 Å². The van der Waals surface area contributed by atoms with E-state index in [4.69, 9.17) is 0 Å². The van der Waals surface area contributed by atoms with Crippen LogP contribution in [0, 0.1) is 5.92 Å². The molecule has 4 nitrogen and oxygen atoms in total. The number of nitrogens with one attached hydrogen (secondary N) is 1. The van der Waals surface area contributed by atoms with Crippen LogP contribution in [0.2, 0.25) is 0 Å². The standard InChI is InChI=1S/C23H30N2O2/c1-18-5-4-14-25(16-18)17-20-10-8-19(9-11-20)15-24-23(27)13-12-21-6-2-3-7-22(21)26/h2-3,6-11,18,26H,4-5,12-17H2,1H3,(H,24,27). The van der Waals surface area contributed by atoms with E-state index in [1.54, 1.807) is 12.1 Å². The van der Waals surface area contributed by atoms with E-state index in [1.807, 2.05) is 12.1 Å². The molecule has 2 N–H and O–H groups in total. The average Bonchev–Trinajstić information content (AvgIpc) is 2.67. The Hall–Kier alpha value is -2.33. The molecule has 0 aliphatic carbocycles. The monoisotopic (exact) mass is 366 g/mol. The number of aryl methyl sites for hydroxylation is 1. The number of likely N-dealkylation sites (tertiary alicyclic amines) is 1. The Bertz CT molecular complexity index is 742. The molecule has 3 rings (SSSR count). The van der Waals surface area contributed by atoms with Crippen LogP contribution in [-0.2, 0) is 24.3 Å². The third-order valence-corrected chi connectivity index (χ3v) is 5.27. The van der Waals surface area contributed by atoms with Crippen molar-refractivity contribution in [1.82, 2.24) is 10.2 Å². The molecule has 2 aromatic carbocycles. The number of carbonyl (C=O) groups is 1. The van der Waals surface area contributed by atoms with Crippen molar-refractivity contribution in [3.05, 3.63) is 65.2 Å². The van der Waals surface area contributed by atoms with Crippen molar-refractivity contribution in [3.8, 4) is 5.75 Å². The summed E-state index contributed by atoms with van der Waals surface area (Å²) in [4.78, 5) is 14.6. The van der Waals surface area contributed by atoms with Crippen LogP contribution < -0.4 is 5.32 Å². The Balaban J connectivity index is 1.41. The first kappa shape index (κ1) is 19.4. The third-order valence-electron chi connectivity index (χ3n) is 5.27. The highest BCUT2D eigenvalue weighted by molar-refractivity contribution is 5.76. The number of hydrogen-bond acceptors (Lipinski definition) is 3. The van der Waals surface area contributed by atoms with Gasteiger partial charge in [0, 0.05) is 26.1 Å². The zero-order valence-corrected chi connectivity index (χ0v) is 16.2. The smallest absolute Gasteiger partial charge is 0.220 e. The van der Waals surface area contributed by atoms with Crippen LogP contribution in [0.5, 0.6) is 5.75 Å². The molecule has 0 saturated carbocycles. The molecule has 1 fully saturated rings.